The Morgan fingerprint density at radius 3 is 2.90 bits per heavy atom. The van der Waals surface area contributed by atoms with Gasteiger partial charge in [0.1, 0.15) is 0 Å². The van der Waals surface area contributed by atoms with Gasteiger partial charge in [0.25, 0.3) is 0 Å². The molecule has 2 aromatic rings. The number of phenolic OH excluding ortho intramolecular Hbond substituents is 1. The van der Waals surface area contributed by atoms with E-state index in [4.69, 9.17) is 11.6 Å². The molecule has 0 aliphatic heterocycles. The highest BCUT2D eigenvalue weighted by molar-refractivity contribution is 6.30. The highest BCUT2D eigenvalue weighted by Gasteiger charge is 2.08. The summed E-state index contributed by atoms with van der Waals surface area (Å²) in [6, 6.07) is 4.64. The van der Waals surface area contributed by atoms with Gasteiger partial charge in [-0.05, 0) is 49.2 Å². The van der Waals surface area contributed by atoms with Gasteiger partial charge in [-0.1, -0.05) is 11.6 Å². The van der Waals surface area contributed by atoms with E-state index in [9.17, 15) is 9.50 Å². The van der Waals surface area contributed by atoms with Crippen molar-refractivity contribution in [1.29, 1.82) is 0 Å². The molecule has 0 aliphatic carbocycles. The van der Waals surface area contributed by atoms with Crippen molar-refractivity contribution in [3.63, 3.8) is 0 Å². The number of rotatable bonds is 5. The van der Waals surface area contributed by atoms with Crippen molar-refractivity contribution in [2.45, 2.75) is 19.9 Å². The summed E-state index contributed by atoms with van der Waals surface area (Å²) in [5, 5.41) is 13.0. The van der Waals surface area contributed by atoms with Crippen LogP contribution in [0.4, 0.5) is 4.39 Å². The van der Waals surface area contributed by atoms with E-state index in [1.165, 1.54) is 5.56 Å². The van der Waals surface area contributed by atoms with Crippen molar-refractivity contribution in [3.8, 4) is 5.75 Å². The van der Waals surface area contributed by atoms with E-state index < -0.39 is 5.82 Å². The summed E-state index contributed by atoms with van der Waals surface area (Å²) >= 11 is 5.77. The molecule has 1 aromatic heterocycles. The lowest BCUT2D eigenvalue weighted by Gasteiger charge is -2.09. The molecule has 2 N–H and O–H groups in total. The number of nitrogens with one attached hydrogen (secondary N) is 1. The van der Waals surface area contributed by atoms with Gasteiger partial charge in [-0.3, -0.25) is 4.98 Å². The fourth-order valence-electron chi connectivity index (χ4n) is 1.98. The number of halogens is 2. The summed E-state index contributed by atoms with van der Waals surface area (Å²) < 4.78 is 13.3. The van der Waals surface area contributed by atoms with E-state index in [0.717, 1.165) is 24.6 Å². The monoisotopic (exact) mass is 294 g/mol. The molecule has 0 radical (unpaired) electrons. The van der Waals surface area contributed by atoms with Crippen LogP contribution in [0.5, 0.6) is 5.75 Å². The minimum atomic E-state index is -0.695. The zero-order valence-electron chi connectivity index (χ0n) is 11.2. The smallest absolute Gasteiger partial charge is 0.166 e. The summed E-state index contributed by atoms with van der Waals surface area (Å²) in [7, 11) is 0. The summed E-state index contributed by atoms with van der Waals surface area (Å²) in [6.07, 6.45) is 4.44. The average Bonchev–Trinajstić information content (AvgIpc) is 2.41. The SMILES string of the molecule is Cc1cnccc1CCNCc1cc(Cl)cc(F)c1O. The van der Waals surface area contributed by atoms with Crippen molar-refractivity contribution in [3.05, 3.63) is 58.1 Å². The lowest BCUT2D eigenvalue weighted by atomic mass is 10.1. The second-order valence-electron chi connectivity index (χ2n) is 4.62. The molecule has 0 unspecified atom stereocenters. The fourth-order valence-corrected chi connectivity index (χ4v) is 2.21. The molecule has 5 heteroatoms. The molecule has 106 valence electrons. The number of aryl methyl sites for hydroxylation is 1. The molecule has 0 bridgehead atoms. The van der Waals surface area contributed by atoms with Crippen LogP contribution in [0.3, 0.4) is 0 Å². The molecule has 0 spiro atoms. The number of hydrogen-bond donors (Lipinski definition) is 2. The van der Waals surface area contributed by atoms with Crippen LogP contribution in [0, 0.1) is 12.7 Å². The Hall–Kier alpha value is -1.65. The maximum absolute atomic E-state index is 13.3. The third-order valence-corrected chi connectivity index (χ3v) is 3.35. The fraction of sp³-hybridized carbons (Fsp3) is 0.267. The third kappa shape index (κ3) is 3.68. The van der Waals surface area contributed by atoms with Crippen molar-refractivity contribution < 1.29 is 9.50 Å². The number of benzene rings is 1. The van der Waals surface area contributed by atoms with Crippen LogP contribution >= 0.6 is 11.6 Å². The molecule has 20 heavy (non-hydrogen) atoms. The van der Waals surface area contributed by atoms with Crippen LogP contribution in [0.25, 0.3) is 0 Å². The largest absolute Gasteiger partial charge is 0.505 e. The Balaban J connectivity index is 1.89. The van der Waals surface area contributed by atoms with Crippen molar-refractivity contribution in [2.24, 2.45) is 0 Å². The summed E-state index contributed by atoms with van der Waals surface area (Å²) in [6.45, 7) is 3.10. The molecular formula is C15H16ClFN2O. The molecule has 0 saturated carbocycles. The molecule has 1 heterocycles. The number of aromatic hydroxyl groups is 1. The molecule has 0 saturated heterocycles. The quantitative estimate of drug-likeness (QED) is 0.832. The zero-order valence-corrected chi connectivity index (χ0v) is 11.9. The van der Waals surface area contributed by atoms with E-state index in [1.807, 2.05) is 19.2 Å². The first kappa shape index (κ1) is 14.8. The van der Waals surface area contributed by atoms with Gasteiger partial charge in [-0.2, -0.15) is 0 Å². The van der Waals surface area contributed by atoms with Gasteiger partial charge in [0, 0.05) is 29.5 Å². The standard InChI is InChI=1S/C15H16ClFN2O/c1-10-8-18-4-2-11(10)3-5-19-9-12-6-13(16)7-14(17)15(12)20/h2,4,6-8,19-20H,3,5,9H2,1H3. The molecule has 1 aromatic carbocycles. The number of aromatic nitrogens is 1. The molecule has 0 amide bonds. The van der Waals surface area contributed by atoms with Gasteiger partial charge >= 0.3 is 0 Å². The minimum absolute atomic E-state index is 0.280. The van der Waals surface area contributed by atoms with E-state index in [2.05, 4.69) is 10.3 Å². The van der Waals surface area contributed by atoms with Crippen LogP contribution in [0.2, 0.25) is 5.02 Å². The molecule has 3 nitrogen and oxygen atoms in total. The van der Waals surface area contributed by atoms with Crippen molar-refractivity contribution in [2.75, 3.05) is 6.54 Å². The Bertz CT molecular complexity index is 604. The maximum Gasteiger partial charge on any atom is 0.166 e. The normalized spacial score (nSPS) is 10.8. The van der Waals surface area contributed by atoms with E-state index >= 15 is 0 Å². The van der Waals surface area contributed by atoms with Gasteiger partial charge in [0.15, 0.2) is 11.6 Å². The van der Waals surface area contributed by atoms with E-state index in [1.54, 1.807) is 12.3 Å². The number of nitrogens with zero attached hydrogens (tertiary/aromatic N) is 1. The predicted octanol–water partition coefficient (Wildman–Crippen LogP) is 3.22. The van der Waals surface area contributed by atoms with Crippen LogP contribution in [0.15, 0.2) is 30.6 Å². The zero-order chi connectivity index (χ0) is 14.5. The highest BCUT2D eigenvalue weighted by atomic mass is 35.5. The first-order valence-corrected chi connectivity index (χ1v) is 6.73. The second-order valence-corrected chi connectivity index (χ2v) is 5.06. The Morgan fingerprint density at radius 1 is 1.35 bits per heavy atom. The molecule has 0 aliphatic rings. The maximum atomic E-state index is 13.3. The molecule has 0 atom stereocenters. The van der Waals surface area contributed by atoms with E-state index in [-0.39, 0.29) is 10.8 Å². The first-order chi connectivity index (χ1) is 9.58. The predicted molar refractivity (Wildman–Crippen MR) is 77.5 cm³/mol. The highest BCUT2D eigenvalue weighted by Crippen LogP contribution is 2.25. The van der Waals surface area contributed by atoms with Crippen LogP contribution in [-0.4, -0.2) is 16.6 Å². The van der Waals surface area contributed by atoms with Gasteiger partial charge in [-0.15, -0.1) is 0 Å². The van der Waals surface area contributed by atoms with Crippen molar-refractivity contribution in [1.82, 2.24) is 10.3 Å². The number of hydrogen-bond acceptors (Lipinski definition) is 3. The van der Waals surface area contributed by atoms with Crippen LogP contribution < -0.4 is 5.32 Å². The molecular weight excluding hydrogens is 279 g/mol. The summed E-state index contributed by atoms with van der Waals surface area (Å²) in [5.41, 5.74) is 2.82. The average molecular weight is 295 g/mol. The van der Waals surface area contributed by atoms with Crippen LogP contribution in [-0.2, 0) is 13.0 Å². The van der Waals surface area contributed by atoms with Crippen LogP contribution in [0.1, 0.15) is 16.7 Å². The topological polar surface area (TPSA) is 45.2 Å². The molecule has 2 rings (SSSR count). The first-order valence-electron chi connectivity index (χ1n) is 6.35. The number of pyridine rings is 1. The molecule has 0 fully saturated rings. The summed E-state index contributed by atoms with van der Waals surface area (Å²) in [5.74, 6) is -1.04. The van der Waals surface area contributed by atoms with Crippen molar-refractivity contribution >= 4 is 11.6 Å². The Labute approximate surface area is 122 Å². The lowest BCUT2D eigenvalue weighted by Crippen LogP contribution is -2.17. The second kappa shape index (κ2) is 6.68. The van der Waals surface area contributed by atoms with Gasteiger partial charge < -0.3 is 10.4 Å². The van der Waals surface area contributed by atoms with Gasteiger partial charge in [-0.25, -0.2) is 4.39 Å². The Morgan fingerprint density at radius 2 is 2.15 bits per heavy atom. The minimum Gasteiger partial charge on any atom is -0.505 e. The van der Waals surface area contributed by atoms with E-state index in [0.29, 0.717) is 12.1 Å². The van der Waals surface area contributed by atoms with Gasteiger partial charge in [0.2, 0.25) is 0 Å². The lowest BCUT2D eigenvalue weighted by molar-refractivity contribution is 0.423. The third-order valence-electron chi connectivity index (χ3n) is 3.13. The summed E-state index contributed by atoms with van der Waals surface area (Å²) in [4.78, 5) is 4.04. The number of phenols is 1. The Kier molecular flexibility index (Phi) is 4.93. The van der Waals surface area contributed by atoms with Gasteiger partial charge in [0.05, 0.1) is 0 Å².